The van der Waals surface area contributed by atoms with E-state index in [2.05, 4.69) is 0 Å². The first-order valence-corrected chi connectivity index (χ1v) is 9.22. The molecule has 0 aromatic heterocycles. The number of hydrogen-bond acceptors (Lipinski definition) is 4. The number of carbonyl (C=O) groups is 2. The number of ether oxygens (including phenoxy) is 1. The molecule has 2 amide bonds. The molecule has 1 aliphatic rings. The summed E-state index contributed by atoms with van der Waals surface area (Å²) >= 11 is 0. The number of hydrogen-bond donors (Lipinski definition) is 0. The predicted octanol–water partition coefficient (Wildman–Crippen LogP) is 4.45. The second-order valence-electron chi connectivity index (χ2n) is 8.33. The van der Waals surface area contributed by atoms with Crippen LogP contribution in [0.5, 0.6) is 0 Å². The van der Waals surface area contributed by atoms with Gasteiger partial charge in [0.2, 0.25) is 0 Å². The molecule has 1 aromatic carbocycles. The molecule has 5 nitrogen and oxygen atoms in total. The van der Waals surface area contributed by atoms with Crippen LogP contribution in [-0.2, 0) is 9.53 Å². The van der Waals surface area contributed by atoms with Crippen LogP contribution in [0.3, 0.4) is 0 Å². The normalized spacial score (nSPS) is 23.8. The highest BCUT2D eigenvalue weighted by molar-refractivity contribution is 6.14. The van der Waals surface area contributed by atoms with Crippen LogP contribution in [0.25, 0.3) is 0 Å². The van der Waals surface area contributed by atoms with Crippen LogP contribution in [0.2, 0.25) is 0 Å². The topological polar surface area (TPSA) is 59.0 Å². The molecule has 0 bridgehead atoms. The second-order valence-corrected chi connectivity index (χ2v) is 8.33. The number of nitrogens with zero attached hydrogens (tertiary/aromatic N) is 2. The number of amides is 2. The van der Waals surface area contributed by atoms with Crippen molar-refractivity contribution < 1.29 is 14.3 Å². The average molecular weight is 358 g/mol. The van der Waals surface area contributed by atoms with E-state index in [1.165, 1.54) is 4.90 Å². The van der Waals surface area contributed by atoms with E-state index >= 15 is 0 Å². The van der Waals surface area contributed by atoms with Crippen molar-refractivity contribution in [2.45, 2.75) is 72.1 Å². The summed E-state index contributed by atoms with van der Waals surface area (Å²) in [5.74, 6) is -0.292. The third kappa shape index (κ3) is 3.97. The minimum Gasteiger partial charge on any atom is -0.443 e. The second kappa shape index (κ2) is 7.22. The van der Waals surface area contributed by atoms with Crippen LogP contribution in [0.15, 0.2) is 35.3 Å². The molecule has 0 saturated heterocycles. The van der Waals surface area contributed by atoms with Crippen molar-refractivity contribution in [2.24, 2.45) is 10.9 Å². The fraction of sp³-hybridized carbons (Fsp3) is 0.571. The summed E-state index contributed by atoms with van der Waals surface area (Å²) in [4.78, 5) is 32.3. The van der Waals surface area contributed by atoms with E-state index in [0.29, 0.717) is 6.42 Å². The molecular weight excluding hydrogens is 328 g/mol. The Hall–Kier alpha value is -2.17. The quantitative estimate of drug-likeness (QED) is 0.802. The number of benzene rings is 1. The largest absolute Gasteiger partial charge is 0.443 e. The van der Waals surface area contributed by atoms with Crippen molar-refractivity contribution in [1.82, 2.24) is 4.90 Å². The maximum absolute atomic E-state index is 13.2. The van der Waals surface area contributed by atoms with Gasteiger partial charge in [0.15, 0.2) is 0 Å². The lowest BCUT2D eigenvalue weighted by Crippen LogP contribution is -2.62. The molecule has 5 heteroatoms. The monoisotopic (exact) mass is 358 g/mol. The van der Waals surface area contributed by atoms with Crippen molar-refractivity contribution >= 4 is 17.7 Å². The first-order valence-electron chi connectivity index (χ1n) is 9.22. The Kier molecular flexibility index (Phi) is 5.59. The number of rotatable bonds is 3. The van der Waals surface area contributed by atoms with Gasteiger partial charge >= 0.3 is 6.09 Å². The highest BCUT2D eigenvalue weighted by atomic mass is 16.6. The molecule has 0 unspecified atom stereocenters. The standard InChI is InChI=1S/C21H30N2O3/c1-8-21(7)18(24)23(19(25)26-20(4,5)6)17(14(2)3)16(22-21)15-12-10-9-11-13-15/h9-14,17H,8H2,1-7H3/t17-,21+/m1/s1. The van der Waals surface area contributed by atoms with Gasteiger partial charge in [-0.1, -0.05) is 51.1 Å². The van der Waals surface area contributed by atoms with Crippen molar-refractivity contribution in [3.8, 4) is 0 Å². The van der Waals surface area contributed by atoms with Gasteiger partial charge in [0.25, 0.3) is 5.91 Å². The van der Waals surface area contributed by atoms with E-state index in [1.807, 2.05) is 51.1 Å². The minimum absolute atomic E-state index is 0.00632. The van der Waals surface area contributed by atoms with Crippen LogP contribution in [0.4, 0.5) is 4.79 Å². The highest BCUT2D eigenvalue weighted by Gasteiger charge is 2.49. The fourth-order valence-corrected chi connectivity index (χ4v) is 3.08. The Labute approximate surface area is 156 Å². The Bertz CT molecular complexity index is 704. The summed E-state index contributed by atoms with van der Waals surface area (Å²) in [6, 6.07) is 9.28. The van der Waals surface area contributed by atoms with Gasteiger partial charge in [0.1, 0.15) is 11.1 Å². The Morgan fingerprint density at radius 2 is 1.85 bits per heavy atom. The summed E-state index contributed by atoms with van der Waals surface area (Å²) < 4.78 is 5.56. The van der Waals surface area contributed by atoms with Gasteiger partial charge in [-0.2, -0.15) is 0 Å². The van der Waals surface area contributed by atoms with Crippen LogP contribution < -0.4 is 0 Å². The Morgan fingerprint density at radius 3 is 2.31 bits per heavy atom. The first kappa shape index (κ1) is 20.1. The van der Waals surface area contributed by atoms with E-state index in [0.717, 1.165) is 11.3 Å². The molecule has 0 radical (unpaired) electrons. The van der Waals surface area contributed by atoms with Gasteiger partial charge in [-0.05, 0) is 45.6 Å². The third-order valence-electron chi connectivity index (χ3n) is 4.58. The van der Waals surface area contributed by atoms with Crippen molar-refractivity contribution in [3.05, 3.63) is 35.9 Å². The van der Waals surface area contributed by atoms with Crippen LogP contribution in [-0.4, -0.2) is 39.8 Å². The zero-order valence-corrected chi connectivity index (χ0v) is 16.9. The zero-order chi connectivity index (χ0) is 19.7. The minimum atomic E-state index is -0.979. The van der Waals surface area contributed by atoms with Gasteiger partial charge in [0, 0.05) is 0 Å². The lowest BCUT2D eigenvalue weighted by atomic mass is 9.85. The van der Waals surface area contributed by atoms with Crippen molar-refractivity contribution in [2.75, 3.05) is 0 Å². The van der Waals surface area contributed by atoms with E-state index < -0.39 is 23.3 Å². The van der Waals surface area contributed by atoms with Gasteiger partial charge in [0.05, 0.1) is 11.8 Å². The first-order chi connectivity index (χ1) is 12.0. The molecule has 142 valence electrons. The molecule has 2 atom stereocenters. The maximum atomic E-state index is 13.2. The number of imide groups is 1. The Balaban J connectivity index is 2.62. The third-order valence-corrected chi connectivity index (χ3v) is 4.58. The molecule has 0 spiro atoms. The molecule has 26 heavy (non-hydrogen) atoms. The zero-order valence-electron chi connectivity index (χ0n) is 16.9. The molecule has 1 aromatic rings. The summed E-state index contributed by atoms with van der Waals surface area (Å²) in [5.41, 5.74) is 0.0265. The van der Waals surface area contributed by atoms with Crippen molar-refractivity contribution in [3.63, 3.8) is 0 Å². The average Bonchev–Trinajstić information content (AvgIpc) is 2.55. The smallest absolute Gasteiger partial charge is 0.417 e. The molecule has 0 N–H and O–H groups in total. The van der Waals surface area contributed by atoms with Crippen molar-refractivity contribution in [1.29, 1.82) is 0 Å². The molecule has 2 rings (SSSR count). The maximum Gasteiger partial charge on any atom is 0.417 e. The predicted molar refractivity (Wildman–Crippen MR) is 103 cm³/mol. The van der Waals surface area contributed by atoms with Gasteiger partial charge in [-0.15, -0.1) is 0 Å². The fourth-order valence-electron chi connectivity index (χ4n) is 3.08. The van der Waals surface area contributed by atoms with Crippen LogP contribution >= 0.6 is 0 Å². The van der Waals surface area contributed by atoms with Gasteiger partial charge in [-0.3, -0.25) is 9.79 Å². The SMILES string of the molecule is CC[C@]1(C)N=C(c2ccccc2)[C@@H](C(C)C)N(C(=O)OC(C)(C)C)C1=O. The lowest BCUT2D eigenvalue weighted by molar-refractivity contribution is -0.138. The molecular formula is C21H30N2O3. The molecule has 1 heterocycles. The number of aliphatic imine (C=N–C) groups is 1. The summed E-state index contributed by atoms with van der Waals surface area (Å²) in [6.07, 6.45) is -0.101. The molecule has 0 fully saturated rings. The Morgan fingerprint density at radius 1 is 1.27 bits per heavy atom. The lowest BCUT2D eigenvalue weighted by Gasteiger charge is -2.43. The van der Waals surface area contributed by atoms with Gasteiger partial charge in [-0.25, -0.2) is 9.69 Å². The molecule has 0 aliphatic carbocycles. The van der Waals surface area contributed by atoms with Crippen LogP contribution in [0, 0.1) is 5.92 Å². The highest BCUT2D eigenvalue weighted by Crippen LogP contribution is 2.32. The van der Waals surface area contributed by atoms with E-state index in [9.17, 15) is 9.59 Å². The molecule has 1 aliphatic heterocycles. The van der Waals surface area contributed by atoms with Gasteiger partial charge < -0.3 is 4.74 Å². The van der Waals surface area contributed by atoms with E-state index in [-0.39, 0.29) is 11.8 Å². The van der Waals surface area contributed by atoms with E-state index in [1.54, 1.807) is 27.7 Å². The summed E-state index contributed by atoms with van der Waals surface area (Å²) in [6.45, 7) is 13.1. The van der Waals surface area contributed by atoms with Crippen LogP contribution in [0.1, 0.15) is 60.5 Å². The molecule has 0 saturated carbocycles. The number of carbonyl (C=O) groups excluding carboxylic acids is 2. The summed E-state index contributed by atoms with van der Waals surface area (Å²) in [7, 11) is 0. The van der Waals surface area contributed by atoms with E-state index in [4.69, 9.17) is 9.73 Å². The summed E-state index contributed by atoms with van der Waals surface area (Å²) in [5, 5.41) is 0.